The van der Waals surface area contributed by atoms with E-state index in [0.29, 0.717) is 0 Å². The van der Waals surface area contributed by atoms with Crippen LogP contribution in [0.2, 0.25) is 0 Å². The van der Waals surface area contributed by atoms with Gasteiger partial charge in [0, 0.05) is 6.20 Å². The topological polar surface area (TPSA) is 77.1 Å². The number of hydrogen-bond acceptors (Lipinski definition) is 3. The van der Waals surface area contributed by atoms with E-state index < -0.39 is 17.4 Å². The highest BCUT2D eigenvalue weighted by Crippen LogP contribution is 2.18. The van der Waals surface area contributed by atoms with Gasteiger partial charge in [-0.2, -0.15) is 0 Å². The van der Waals surface area contributed by atoms with Crippen LogP contribution in [0.3, 0.4) is 0 Å². The summed E-state index contributed by atoms with van der Waals surface area (Å²) >= 11 is 0. The number of hydrogen-bond donors (Lipinski definition) is 2. The van der Waals surface area contributed by atoms with E-state index in [4.69, 9.17) is 5.73 Å². The fourth-order valence-corrected chi connectivity index (χ4v) is 2.15. The van der Waals surface area contributed by atoms with Gasteiger partial charge >= 0.3 is 0 Å². The SMILES string of the molecule is CC(C)(C)[C@H](N)C(=O)Nc1cccn(Cc2ccc(F)cc2)c1=O. The molecule has 0 saturated carbocycles. The third-order valence-electron chi connectivity index (χ3n) is 3.76. The molecular formula is C18H22FN3O2. The monoisotopic (exact) mass is 331 g/mol. The molecule has 2 rings (SSSR count). The number of carbonyl (C=O) groups excluding carboxylic acids is 1. The number of nitrogens with two attached hydrogens (primary N) is 1. The lowest BCUT2D eigenvalue weighted by molar-refractivity contribution is -0.119. The van der Waals surface area contributed by atoms with Crippen molar-refractivity contribution < 1.29 is 9.18 Å². The number of nitrogens with one attached hydrogen (secondary N) is 1. The number of carbonyl (C=O) groups is 1. The van der Waals surface area contributed by atoms with Gasteiger partial charge in [-0.15, -0.1) is 0 Å². The molecule has 0 aliphatic heterocycles. The van der Waals surface area contributed by atoms with Crippen LogP contribution in [0.5, 0.6) is 0 Å². The third-order valence-corrected chi connectivity index (χ3v) is 3.76. The molecule has 3 N–H and O–H groups in total. The van der Waals surface area contributed by atoms with Crippen molar-refractivity contribution in [3.63, 3.8) is 0 Å². The largest absolute Gasteiger partial charge is 0.320 e. The summed E-state index contributed by atoms with van der Waals surface area (Å²) in [5.74, 6) is -0.734. The first kappa shape index (κ1) is 17.9. The van der Waals surface area contributed by atoms with E-state index in [1.54, 1.807) is 24.4 Å². The zero-order valence-electron chi connectivity index (χ0n) is 14.0. The molecule has 2 aromatic rings. The molecule has 1 atom stereocenters. The molecule has 0 saturated heterocycles. The van der Waals surface area contributed by atoms with Crippen LogP contribution in [0.15, 0.2) is 47.4 Å². The van der Waals surface area contributed by atoms with E-state index in [9.17, 15) is 14.0 Å². The van der Waals surface area contributed by atoms with Gasteiger partial charge in [-0.1, -0.05) is 32.9 Å². The summed E-state index contributed by atoms with van der Waals surface area (Å²) in [7, 11) is 0. The first-order chi connectivity index (χ1) is 11.2. The van der Waals surface area contributed by atoms with Crippen LogP contribution in [-0.2, 0) is 11.3 Å². The van der Waals surface area contributed by atoms with Gasteiger partial charge < -0.3 is 15.6 Å². The minimum Gasteiger partial charge on any atom is -0.320 e. The normalized spacial score (nSPS) is 12.7. The number of rotatable bonds is 4. The lowest BCUT2D eigenvalue weighted by Crippen LogP contribution is -2.46. The number of anilines is 1. The van der Waals surface area contributed by atoms with Gasteiger partial charge in [-0.3, -0.25) is 9.59 Å². The van der Waals surface area contributed by atoms with Crippen molar-refractivity contribution in [1.82, 2.24) is 4.57 Å². The number of pyridine rings is 1. The second kappa shape index (κ2) is 6.97. The molecule has 0 radical (unpaired) electrons. The Balaban J connectivity index is 2.20. The van der Waals surface area contributed by atoms with Gasteiger partial charge in [0.05, 0.1) is 12.6 Å². The van der Waals surface area contributed by atoms with Crippen LogP contribution in [0, 0.1) is 11.2 Å². The molecule has 128 valence electrons. The second-order valence-corrected chi connectivity index (χ2v) is 6.81. The van der Waals surface area contributed by atoms with E-state index in [-0.39, 0.29) is 23.6 Å². The highest BCUT2D eigenvalue weighted by atomic mass is 19.1. The van der Waals surface area contributed by atoms with Crippen molar-refractivity contribution in [2.45, 2.75) is 33.4 Å². The second-order valence-electron chi connectivity index (χ2n) is 6.81. The van der Waals surface area contributed by atoms with Crippen LogP contribution < -0.4 is 16.6 Å². The fraction of sp³-hybridized carbons (Fsp3) is 0.333. The lowest BCUT2D eigenvalue weighted by atomic mass is 9.87. The quantitative estimate of drug-likeness (QED) is 0.903. The zero-order valence-corrected chi connectivity index (χ0v) is 14.0. The number of nitrogens with zero attached hydrogens (tertiary/aromatic N) is 1. The molecule has 1 amide bonds. The number of halogens is 1. The molecule has 0 spiro atoms. The minimum atomic E-state index is -0.734. The summed E-state index contributed by atoms with van der Waals surface area (Å²) in [6.07, 6.45) is 1.62. The van der Waals surface area contributed by atoms with Crippen molar-refractivity contribution in [3.8, 4) is 0 Å². The van der Waals surface area contributed by atoms with Gasteiger partial charge in [0.2, 0.25) is 5.91 Å². The Morgan fingerprint density at radius 1 is 1.25 bits per heavy atom. The zero-order chi connectivity index (χ0) is 17.9. The Kier molecular flexibility index (Phi) is 5.19. The van der Waals surface area contributed by atoms with Crippen LogP contribution in [0.1, 0.15) is 26.3 Å². The van der Waals surface area contributed by atoms with Crippen molar-refractivity contribution in [2.75, 3.05) is 5.32 Å². The molecular weight excluding hydrogens is 309 g/mol. The molecule has 0 aliphatic rings. The lowest BCUT2D eigenvalue weighted by Gasteiger charge is -2.25. The Hall–Kier alpha value is -2.47. The van der Waals surface area contributed by atoms with Gasteiger partial charge in [-0.25, -0.2) is 4.39 Å². The molecule has 0 aliphatic carbocycles. The van der Waals surface area contributed by atoms with E-state index in [1.807, 2.05) is 20.8 Å². The van der Waals surface area contributed by atoms with Gasteiger partial charge in [0.25, 0.3) is 5.56 Å². The molecule has 0 unspecified atom stereocenters. The third kappa shape index (κ3) is 4.29. The summed E-state index contributed by atoms with van der Waals surface area (Å²) in [6, 6.07) is 8.39. The Morgan fingerprint density at radius 3 is 2.46 bits per heavy atom. The number of aromatic nitrogens is 1. The Bertz CT molecular complexity index is 776. The van der Waals surface area contributed by atoms with Gasteiger partial charge in [0.1, 0.15) is 11.5 Å². The maximum atomic E-state index is 13.0. The van der Waals surface area contributed by atoms with Crippen molar-refractivity contribution in [1.29, 1.82) is 0 Å². The smallest absolute Gasteiger partial charge is 0.274 e. The average Bonchev–Trinajstić information content (AvgIpc) is 2.51. The minimum absolute atomic E-state index is 0.171. The van der Waals surface area contributed by atoms with Gasteiger partial charge in [-0.05, 0) is 35.2 Å². The molecule has 24 heavy (non-hydrogen) atoms. The van der Waals surface area contributed by atoms with Gasteiger partial charge in [0.15, 0.2) is 0 Å². The molecule has 0 fully saturated rings. The van der Waals surface area contributed by atoms with E-state index in [1.165, 1.54) is 22.8 Å². The van der Waals surface area contributed by atoms with Crippen LogP contribution >= 0.6 is 0 Å². The summed E-state index contributed by atoms with van der Waals surface area (Å²) in [6.45, 7) is 5.85. The fourth-order valence-electron chi connectivity index (χ4n) is 2.15. The van der Waals surface area contributed by atoms with Crippen molar-refractivity contribution >= 4 is 11.6 Å². The van der Waals surface area contributed by atoms with Crippen LogP contribution in [0.4, 0.5) is 10.1 Å². The summed E-state index contributed by atoms with van der Waals surface area (Å²) < 4.78 is 14.4. The van der Waals surface area contributed by atoms with E-state index in [2.05, 4.69) is 5.32 Å². The predicted molar refractivity (Wildman–Crippen MR) is 92.3 cm³/mol. The average molecular weight is 331 g/mol. The molecule has 1 heterocycles. The summed E-state index contributed by atoms with van der Waals surface area (Å²) in [5, 5.41) is 2.59. The number of amides is 1. The molecule has 1 aromatic heterocycles. The highest BCUT2D eigenvalue weighted by Gasteiger charge is 2.27. The first-order valence-electron chi connectivity index (χ1n) is 7.69. The van der Waals surface area contributed by atoms with E-state index >= 15 is 0 Å². The first-order valence-corrected chi connectivity index (χ1v) is 7.69. The molecule has 5 nitrogen and oxygen atoms in total. The maximum Gasteiger partial charge on any atom is 0.274 e. The standard InChI is InChI=1S/C18H22FN3O2/c1-18(2,3)15(20)16(23)21-14-5-4-10-22(17(14)24)11-12-6-8-13(19)9-7-12/h4-10,15H,11,20H2,1-3H3,(H,21,23)/t15-/m1/s1. The van der Waals surface area contributed by atoms with Crippen LogP contribution in [0.25, 0.3) is 0 Å². The number of benzene rings is 1. The van der Waals surface area contributed by atoms with Crippen LogP contribution in [-0.4, -0.2) is 16.5 Å². The summed E-state index contributed by atoms with van der Waals surface area (Å²) in [4.78, 5) is 24.7. The summed E-state index contributed by atoms with van der Waals surface area (Å²) in [5.41, 5.74) is 6.12. The molecule has 0 bridgehead atoms. The Morgan fingerprint density at radius 2 is 1.88 bits per heavy atom. The Labute approximate surface area is 140 Å². The van der Waals surface area contributed by atoms with E-state index in [0.717, 1.165) is 5.56 Å². The maximum absolute atomic E-state index is 13.0. The molecule has 1 aromatic carbocycles. The molecule has 6 heteroatoms. The van der Waals surface area contributed by atoms with Crippen molar-refractivity contribution in [2.24, 2.45) is 11.1 Å². The van der Waals surface area contributed by atoms with Crippen molar-refractivity contribution in [3.05, 3.63) is 64.3 Å². The predicted octanol–water partition coefficient (Wildman–Crippen LogP) is 2.35. The highest BCUT2D eigenvalue weighted by molar-refractivity contribution is 5.95.